The van der Waals surface area contributed by atoms with Crippen LogP contribution in [0, 0.1) is 11.3 Å². The molecule has 0 heterocycles. The molecule has 0 fully saturated rings. The molecule has 0 saturated heterocycles. The van der Waals surface area contributed by atoms with Crippen LogP contribution in [0.15, 0.2) is 0 Å². The Morgan fingerprint density at radius 1 is 1.38 bits per heavy atom. The van der Waals surface area contributed by atoms with Gasteiger partial charge in [0, 0.05) is 13.0 Å². The molecule has 96 valence electrons. The van der Waals surface area contributed by atoms with Gasteiger partial charge in [0.05, 0.1) is 5.75 Å². The van der Waals surface area contributed by atoms with E-state index < -0.39 is 10.0 Å². The third kappa shape index (κ3) is 7.64. The molecule has 1 amide bonds. The molecule has 0 rings (SSSR count). The van der Waals surface area contributed by atoms with Gasteiger partial charge in [0.25, 0.3) is 0 Å². The van der Waals surface area contributed by atoms with Crippen molar-refractivity contribution in [1.82, 2.24) is 5.32 Å². The number of hydrogen-bond acceptors (Lipinski definition) is 3. The van der Waals surface area contributed by atoms with Crippen molar-refractivity contribution in [2.24, 2.45) is 16.5 Å². The second-order valence-electron chi connectivity index (χ2n) is 5.19. The maximum atomic E-state index is 11.4. The van der Waals surface area contributed by atoms with E-state index in [1.54, 1.807) is 0 Å². The van der Waals surface area contributed by atoms with Crippen molar-refractivity contribution in [3.8, 4) is 0 Å². The van der Waals surface area contributed by atoms with Gasteiger partial charge in [0.2, 0.25) is 15.9 Å². The number of nitrogens with one attached hydrogen (secondary N) is 1. The van der Waals surface area contributed by atoms with Crippen LogP contribution in [0.2, 0.25) is 0 Å². The lowest BCUT2D eigenvalue weighted by Gasteiger charge is -2.26. The molecule has 1 atom stereocenters. The molecule has 0 aromatic carbocycles. The van der Waals surface area contributed by atoms with Crippen molar-refractivity contribution in [2.75, 3.05) is 12.3 Å². The molecule has 3 N–H and O–H groups in total. The molecule has 0 spiro atoms. The third-order valence-electron chi connectivity index (χ3n) is 2.68. The summed E-state index contributed by atoms with van der Waals surface area (Å²) < 4.78 is 21.2. The number of carbonyl (C=O) groups excluding carboxylic acids is 1. The number of amides is 1. The molecule has 0 saturated carbocycles. The Morgan fingerprint density at radius 3 is 2.25 bits per heavy atom. The average Bonchev–Trinajstić information content (AvgIpc) is 1.99. The summed E-state index contributed by atoms with van der Waals surface area (Å²) in [6, 6.07) is 0. The maximum Gasteiger partial charge on any atom is 0.220 e. The predicted molar refractivity (Wildman–Crippen MR) is 64.2 cm³/mol. The normalized spacial score (nSPS) is 14.6. The van der Waals surface area contributed by atoms with Crippen molar-refractivity contribution in [3.63, 3.8) is 0 Å². The van der Waals surface area contributed by atoms with Gasteiger partial charge < -0.3 is 5.32 Å². The minimum atomic E-state index is -3.49. The Balaban J connectivity index is 3.93. The molecule has 0 aliphatic heterocycles. The number of rotatable bonds is 5. The van der Waals surface area contributed by atoms with Gasteiger partial charge in [-0.2, -0.15) is 0 Å². The van der Waals surface area contributed by atoms with Crippen LogP contribution in [0.5, 0.6) is 0 Å². The first-order valence-electron chi connectivity index (χ1n) is 5.29. The van der Waals surface area contributed by atoms with E-state index in [0.717, 1.165) is 0 Å². The van der Waals surface area contributed by atoms with Crippen LogP contribution in [0.1, 0.15) is 34.1 Å². The van der Waals surface area contributed by atoms with Crippen LogP contribution in [0.25, 0.3) is 0 Å². The van der Waals surface area contributed by atoms with E-state index in [0.29, 0.717) is 6.42 Å². The van der Waals surface area contributed by atoms with E-state index in [-0.39, 0.29) is 29.5 Å². The van der Waals surface area contributed by atoms with Crippen LogP contribution >= 0.6 is 0 Å². The fourth-order valence-corrected chi connectivity index (χ4v) is 1.38. The summed E-state index contributed by atoms with van der Waals surface area (Å²) in [6.07, 6.45) is 0.397. The van der Waals surface area contributed by atoms with Crippen LogP contribution < -0.4 is 10.5 Å². The molecule has 0 aromatic heterocycles. The van der Waals surface area contributed by atoms with E-state index in [2.05, 4.69) is 26.1 Å². The highest BCUT2D eigenvalue weighted by Gasteiger charge is 2.22. The number of carbonyl (C=O) groups is 1. The predicted octanol–water partition coefficient (Wildman–Crippen LogP) is 0.463. The van der Waals surface area contributed by atoms with Gasteiger partial charge >= 0.3 is 0 Å². The fraction of sp³-hybridized carbons (Fsp3) is 0.900. The summed E-state index contributed by atoms with van der Waals surface area (Å²) in [6.45, 7) is 8.27. The van der Waals surface area contributed by atoms with Gasteiger partial charge in [0.1, 0.15) is 0 Å². The Morgan fingerprint density at radius 2 is 1.88 bits per heavy atom. The van der Waals surface area contributed by atoms with Gasteiger partial charge in [-0.3, -0.25) is 4.79 Å². The second kappa shape index (κ2) is 5.63. The van der Waals surface area contributed by atoms with Crippen molar-refractivity contribution in [3.05, 3.63) is 0 Å². The molecule has 1 unspecified atom stereocenters. The molecule has 5 nitrogen and oxygen atoms in total. The number of primary sulfonamides is 1. The zero-order valence-corrected chi connectivity index (χ0v) is 11.2. The van der Waals surface area contributed by atoms with Crippen molar-refractivity contribution in [2.45, 2.75) is 34.1 Å². The lowest BCUT2D eigenvalue weighted by atomic mass is 9.80. The Hall–Kier alpha value is -0.620. The van der Waals surface area contributed by atoms with Gasteiger partial charge in [0.15, 0.2) is 0 Å². The topological polar surface area (TPSA) is 89.3 Å². The first-order chi connectivity index (χ1) is 7.02. The lowest BCUT2D eigenvalue weighted by Crippen LogP contribution is -2.33. The first-order valence-corrected chi connectivity index (χ1v) is 7.01. The molecule has 0 radical (unpaired) electrons. The minimum Gasteiger partial charge on any atom is -0.355 e. The highest BCUT2D eigenvalue weighted by atomic mass is 32.2. The van der Waals surface area contributed by atoms with Crippen molar-refractivity contribution >= 4 is 15.9 Å². The van der Waals surface area contributed by atoms with Gasteiger partial charge in [-0.1, -0.05) is 27.7 Å². The average molecular weight is 250 g/mol. The second-order valence-corrected chi connectivity index (χ2v) is 6.92. The molecular weight excluding hydrogens is 228 g/mol. The van der Waals surface area contributed by atoms with Crippen LogP contribution in [0.3, 0.4) is 0 Å². The number of nitrogens with two attached hydrogens (primary N) is 1. The zero-order chi connectivity index (χ0) is 13.0. The van der Waals surface area contributed by atoms with Gasteiger partial charge in [-0.15, -0.1) is 0 Å². The first kappa shape index (κ1) is 15.4. The third-order valence-corrected chi connectivity index (χ3v) is 3.45. The number of sulfonamides is 1. The van der Waals surface area contributed by atoms with Gasteiger partial charge in [-0.25, -0.2) is 13.6 Å². The van der Waals surface area contributed by atoms with E-state index in [1.807, 2.05) is 6.92 Å². The molecule has 6 heteroatoms. The van der Waals surface area contributed by atoms with Crippen LogP contribution in [-0.2, 0) is 14.8 Å². The zero-order valence-electron chi connectivity index (χ0n) is 10.4. The van der Waals surface area contributed by atoms with Crippen LogP contribution in [-0.4, -0.2) is 26.6 Å². The summed E-state index contributed by atoms with van der Waals surface area (Å²) >= 11 is 0. The number of hydrogen-bond donors (Lipinski definition) is 2. The van der Waals surface area contributed by atoms with E-state index in [9.17, 15) is 13.2 Å². The van der Waals surface area contributed by atoms with Crippen molar-refractivity contribution < 1.29 is 13.2 Å². The Kier molecular flexibility index (Phi) is 5.41. The lowest BCUT2D eigenvalue weighted by molar-refractivity contribution is -0.122. The quantitative estimate of drug-likeness (QED) is 0.743. The molecule has 0 aliphatic rings. The van der Waals surface area contributed by atoms with Crippen molar-refractivity contribution in [1.29, 1.82) is 0 Å². The maximum absolute atomic E-state index is 11.4. The molecule has 16 heavy (non-hydrogen) atoms. The summed E-state index contributed by atoms with van der Waals surface area (Å²) in [5.74, 6) is -0.115. The SMILES string of the molecule is CC(CC(=O)NCCS(N)(=O)=O)C(C)(C)C. The van der Waals surface area contributed by atoms with E-state index in [4.69, 9.17) is 5.14 Å². The largest absolute Gasteiger partial charge is 0.355 e. The molecule has 0 bridgehead atoms. The van der Waals surface area contributed by atoms with E-state index >= 15 is 0 Å². The molecular formula is C10H22N2O3S. The summed E-state index contributed by atoms with van der Waals surface area (Å²) in [7, 11) is -3.49. The standard InChI is InChI=1S/C10H22N2O3S/c1-8(10(2,3)4)7-9(13)12-5-6-16(11,14)15/h8H,5-7H2,1-4H3,(H,12,13)(H2,11,14,15). The smallest absolute Gasteiger partial charge is 0.220 e. The summed E-state index contributed by atoms with van der Waals surface area (Å²) in [5.41, 5.74) is 0.0667. The Labute approximate surface area is 97.8 Å². The highest BCUT2D eigenvalue weighted by molar-refractivity contribution is 7.89. The monoisotopic (exact) mass is 250 g/mol. The highest BCUT2D eigenvalue weighted by Crippen LogP contribution is 2.27. The van der Waals surface area contributed by atoms with Crippen LogP contribution in [0.4, 0.5) is 0 Å². The van der Waals surface area contributed by atoms with Gasteiger partial charge in [-0.05, 0) is 11.3 Å². The fourth-order valence-electron chi connectivity index (χ4n) is 0.989. The summed E-state index contributed by atoms with van der Waals surface area (Å²) in [5, 5.41) is 7.36. The molecule has 0 aliphatic carbocycles. The minimum absolute atomic E-state index is 0.0667. The molecule has 0 aromatic rings. The Bertz CT molecular complexity index is 330. The summed E-state index contributed by atoms with van der Waals surface area (Å²) in [4.78, 5) is 11.4. The van der Waals surface area contributed by atoms with E-state index in [1.165, 1.54) is 0 Å².